The van der Waals surface area contributed by atoms with Gasteiger partial charge in [0.1, 0.15) is 10.6 Å². The highest BCUT2D eigenvalue weighted by atomic mass is 32.2. The Kier molecular flexibility index (Phi) is 6.58. The second kappa shape index (κ2) is 8.97. The van der Waals surface area contributed by atoms with Crippen molar-refractivity contribution in [1.82, 2.24) is 9.88 Å². The van der Waals surface area contributed by atoms with E-state index >= 15 is 0 Å². The van der Waals surface area contributed by atoms with Crippen LogP contribution < -0.4 is 4.18 Å². The zero-order valence-corrected chi connectivity index (χ0v) is 19.0. The number of carbonyl (C=O) groups is 1. The van der Waals surface area contributed by atoms with Gasteiger partial charge in [0.25, 0.3) is 5.91 Å². The fourth-order valence-corrected chi connectivity index (χ4v) is 4.90. The molecule has 0 fully saturated rings. The van der Waals surface area contributed by atoms with E-state index in [-0.39, 0.29) is 16.6 Å². The number of hydrogen-bond acceptors (Lipinski definition) is 6. The Balaban J connectivity index is 1.70. The molecule has 0 unspecified atom stereocenters. The summed E-state index contributed by atoms with van der Waals surface area (Å²) >= 11 is 1.58. The third kappa shape index (κ3) is 5.06. The molecule has 0 spiro atoms. The molecule has 8 heteroatoms. The second-order valence-electron chi connectivity index (χ2n) is 7.08. The van der Waals surface area contributed by atoms with E-state index in [1.165, 1.54) is 12.1 Å². The Hall–Kier alpha value is -2.71. The van der Waals surface area contributed by atoms with Crippen molar-refractivity contribution in [3.63, 3.8) is 0 Å². The number of nitrogens with zero attached hydrogens (tertiary/aromatic N) is 2. The van der Waals surface area contributed by atoms with Crippen molar-refractivity contribution in [3.8, 4) is 5.75 Å². The third-order valence-corrected chi connectivity index (χ3v) is 7.00. The molecule has 1 heterocycles. The van der Waals surface area contributed by atoms with Crippen LogP contribution in [0.2, 0.25) is 0 Å². The molecule has 0 aliphatic carbocycles. The number of amides is 1. The Morgan fingerprint density at radius 3 is 2.47 bits per heavy atom. The molecule has 0 saturated carbocycles. The Labute approximate surface area is 181 Å². The molecule has 0 saturated heterocycles. The first kappa shape index (κ1) is 22.0. The molecule has 158 valence electrons. The molecule has 0 aliphatic rings. The van der Waals surface area contributed by atoms with Crippen molar-refractivity contribution in [2.75, 3.05) is 7.05 Å². The predicted molar refractivity (Wildman–Crippen MR) is 117 cm³/mol. The van der Waals surface area contributed by atoms with Crippen LogP contribution in [-0.2, 0) is 23.1 Å². The lowest BCUT2D eigenvalue weighted by atomic mass is 10.2. The minimum Gasteiger partial charge on any atom is -0.379 e. The van der Waals surface area contributed by atoms with Gasteiger partial charge in [-0.2, -0.15) is 8.42 Å². The van der Waals surface area contributed by atoms with Crippen LogP contribution in [0.15, 0.2) is 52.7 Å². The minimum absolute atomic E-state index is 0.136. The van der Waals surface area contributed by atoms with E-state index in [0.717, 1.165) is 22.7 Å². The number of rotatable bonds is 7. The van der Waals surface area contributed by atoms with Crippen molar-refractivity contribution >= 4 is 27.4 Å². The lowest BCUT2D eigenvalue weighted by Crippen LogP contribution is -2.26. The number of hydrogen-bond donors (Lipinski definition) is 0. The summed E-state index contributed by atoms with van der Waals surface area (Å²) < 4.78 is 30.5. The largest absolute Gasteiger partial charge is 0.379 e. The molecule has 3 aromatic rings. The van der Waals surface area contributed by atoms with Crippen LogP contribution in [0, 0.1) is 13.8 Å². The van der Waals surface area contributed by atoms with Gasteiger partial charge < -0.3 is 9.08 Å². The summed E-state index contributed by atoms with van der Waals surface area (Å²) in [5.41, 5.74) is 2.74. The van der Waals surface area contributed by atoms with E-state index in [4.69, 9.17) is 4.18 Å². The van der Waals surface area contributed by atoms with E-state index in [1.807, 2.05) is 25.3 Å². The summed E-state index contributed by atoms with van der Waals surface area (Å²) in [6.07, 6.45) is 0.870. The average molecular weight is 445 g/mol. The summed E-state index contributed by atoms with van der Waals surface area (Å²) in [4.78, 5) is 18.9. The first-order valence-electron chi connectivity index (χ1n) is 9.50. The SMILES string of the molecule is CCc1nc(CN(C)C(=O)c2ccc(OS(=O)(=O)c3cc(C)ccc3C)cc2)cs1. The maximum absolute atomic E-state index is 12.7. The number of benzene rings is 2. The standard InChI is InChI=1S/C22H24N2O4S2/c1-5-21-23-18(14-29-21)13-24(4)22(25)17-8-10-19(11-9-17)28-30(26,27)20-12-15(2)6-7-16(20)3/h6-12,14H,5,13H2,1-4H3. The van der Waals surface area contributed by atoms with E-state index in [0.29, 0.717) is 17.7 Å². The molecule has 1 amide bonds. The molecule has 2 aromatic carbocycles. The van der Waals surface area contributed by atoms with Gasteiger partial charge in [-0.25, -0.2) is 4.98 Å². The summed E-state index contributed by atoms with van der Waals surface area (Å²) in [6.45, 7) is 6.00. The molecule has 0 atom stereocenters. The van der Waals surface area contributed by atoms with Gasteiger partial charge in [-0.05, 0) is 61.7 Å². The molecule has 0 bridgehead atoms. The first-order valence-corrected chi connectivity index (χ1v) is 11.8. The van der Waals surface area contributed by atoms with Gasteiger partial charge >= 0.3 is 10.1 Å². The third-order valence-electron chi connectivity index (χ3n) is 4.57. The molecular weight excluding hydrogens is 420 g/mol. The highest BCUT2D eigenvalue weighted by Crippen LogP contribution is 2.23. The lowest BCUT2D eigenvalue weighted by molar-refractivity contribution is 0.0783. The smallest absolute Gasteiger partial charge is 0.339 e. The maximum atomic E-state index is 12.7. The summed E-state index contributed by atoms with van der Waals surface area (Å²) in [5, 5.41) is 3.00. The van der Waals surface area contributed by atoms with Gasteiger partial charge in [0, 0.05) is 18.0 Å². The molecule has 30 heavy (non-hydrogen) atoms. The topological polar surface area (TPSA) is 76.6 Å². The molecule has 0 radical (unpaired) electrons. The van der Waals surface area contributed by atoms with Gasteiger partial charge in [-0.3, -0.25) is 4.79 Å². The van der Waals surface area contributed by atoms with Gasteiger partial charge in [0.15, 0.2) is 0 Å². The van der Waals surface area contributed by atoms with Crippen molar-refractivity contribution in [3.05, 3.63) is 75.2 Å². The Bertz CT molecular complexity index is 1150. The summed E-state index contributed by atoms with van der Waals surface area (Å²) in [5.74, 6) is -0.0211. The molecular formula is C22H24N2O4S2. The molecule has 6 nitrogen and oxygen atoms in total. The van der Waals surface area contributed by atoms with E-state index in [9.17, 15) is 13.2 Å². The van der Waals surface area contributed by atoms with Gasteiger partial charge in [0.2, 0.25) is 0 Å². The van der Waals surface area contributed by atoms with Crippen molar-refractivity contribution < 1.29 is 17.4 Å². The number of carbonyl (C=O) groups excluding carboxylic acids is 1. The molecule has 0 N–H and O–H groups in total. The zero-order chi connectivity index (χ0) is 21.9. The predicted octanol–water partition coefficient (Wildman–Crippen LogP) is 4.36. The van der Waals surface area contributed by atoms with E-state index in [1.54, 1.807) is 54.5 Å². The average Bonchev–Trinajstić information content (AvgIpc) is 3.17. The fourth-order valence-electron chi connectivity index (χ4n) is 2.92. The van der Waals surface area contributed by atoms with E-state index < -0.39 is 10.1 Å². The van der Waals surface area contributed by atoms with Crippen LogP contribution >= 0.6 is 11.3 Å². The summed E-state index contributed by atoms with van der Waals surface area (Å²) in [6, 6.07) is 11.3. The van der Waals surface area contributed by atoms with Crippen LogP contribution in [-0.4, -0.2) is 31.3 Å². The zero-order valence-electron chi connectivity index (χ0n) is 17.4. The first-order chi connectivity index (χ1) is 14.2. The van der Waals surface area contributed by atoms with Crippen LogP contribution in [0.3, 0.4) is 0 Å². The number of aryl methyl sites for hydroxylation is 3. The second-order valence-corrected chi connectivity index (χ2v) is 9.54. The van der Waals surface area contributed by atoms with Crippen LogP contribution in [0.1, 0.15) is 39.1 Å². The van der Waals surface area contributed by atoms with Crippen LogP contribution in [0.4, 0.5) is 0 Å². The van der Waals surface area contributed by atoms with Gasteiger partial charge in [0.05, 0.1) is 17.2 Å². The highest BCUT2D eigenvalue weighted by Gasteiger charge is 2.20. The highest BCUT2D eigenvalue weighted by molar-refractivity contribution is 7.87. The van der Waals surface area contributed by atoms with Crippen molar-refractivity contribution in [2.45, 2.75) is 38.6 Å². The Morgan fingerprint density at radius 1 is 1.13 bits per heavy atom. The minimum atomic E-state index is -3.96. The number of aromatic nitrogens is 1. The van der Waals surface area contributed by atoms with Crippen molar-refractivity contribution in [2.24, 2.45) is 0 Å². The van der Waals surface area contributed by atoms with Crippen molar-refractivity contribution in [1.29, 1.82) is 0 Å². The normalized spacial score (nSPS) is 11.3. The maximum Gasteiger partial charge on any atom is 0.339 e. The fraction of sp³-hybridized carbons (Fsp3) is 0.273. The lowest BCUT2D eigenvalue weighted by Gasteiger charge is -2.16. The Morgan fingerprint density at radius 2 is 1.83 bits per heavy atom. The van der Waals surface area contributed by atoms with Gasteiger partial charge in [-0.15, -0.1) is 11.3 Å². The molecule has 0 aliphatic heterocycles. The monoisotopic (exact) mass is 444 g/mol. The molecule has 3 rings (SSSR count). The van der Waals surface area contributed by atoms with Gasteiger partial charge in [-0.1, -0.05) is 19.1 Å². The summed E-state index contributed by atoms with van der Waals surface area (Å²) in [7, 11) is -2.25. The van der Waals surface area contributed by atoms with E-state index in [2.05, 4.69) is 4.98 Å². The molecule has 1 aromatic heterocycles. The van der Waals surface area contributed by atoms with Crippen LogP contribution in [0.25, 0.3) is 0 Å². The van der Waals surface area contributed by atoms with Crippen LogP contribution in [0.5, 0.6) is 5.75 Å². The quantitative estimate of drug-likeness (QED) is 0.506. The number of thiazole rings is 1.